The quantitative estimate of drug-likeness (QED) is 0.934. The molecule has 0 radical (unpaired) electrons. The molecular weight excluding hydrogens is 271 g/mol. The second-order valence-corrected chi connectivity index (χ2v) is 4.86. The van der Waals surface area contributed by atoms with Crippen molar-refractivity contribution in [2.75, 3.05) is 19.0 Å². The van der Waals surface area contributed by atoms with Gasteiger partial charge >= 0.3 is 0 Å². The Kier molecular flexibility index (Phi) is 4.47. The van der Waals surface area contributed by atoms with E-state index >= 15 is 0 Å². The van der Waals surface area contributed by atoms with E-state index in [4.69, 9.17) is 0 Å². The van der Waals surface area contributed by atoms with Gasteiger partial charge in [-0.2, -0.15) is 0 Å². The van der Waals surface area contributed by atoms with E-state index in [1.54, 1.807) is 23.1 Å². The van der Waals surface area contributed by atoms with Crippen molar-refractivity contribution in [1.29, 1.82) is 0 Å². The number of amides is 1. The first kappa shape index (κ1) is 14.9. The molecule has 0 bridgehead atoms. The van der Waals surface area contributed by atoms with Crippen LogP contribution >= 0.6 is 0 Å². The van der Waals surface area contributed by atoms with Crippen molar-refractivity contribution in [3.05, 3.63) is 53.1 Å². The maximum atomic E-state index is 13.5. The number of benzene rings is 1. The fourth-order valence-electron chi connectivity index (χ4n) is 1.82. The number of nitrogens with one attached hydrogen (secondary N) is 1. The minimum absolute atomic E-state index is 0.0242. The third kappa shape index (κ3) is 3.75. The van der Waals surface area contributed by atoms with Gasteiger partial charge in [-0.1, -0.05) is 12.1 Å². The summed E-state index contributed by atoms with van der Waals surface area (Å²) in [4.78, 5) is 22.3. The van der Waals surface area contributed by atoms with Crippen LogP contribution in [0.15, 0.2) is 30.3 Å². The molecule has 0 unspecified atom stereocenters. The van der Waals surface area contributed by atoms with E-state index in [0.29, 0.717) is 11.6 Å². The molecular formula is C15H17FN4O. The maximum absolute atomic E-state index is 13.5. The van der Waals surface area contributed by atoms with Crippen LogP contribution in [0.5, 0.6) is 0 Å². The summed E-state index contributed by atoms with van der Waals surface area (Å²) in [5.74, 6) is -0.427. The molecule has 5 nitrogen and oxygen atoms in total. The van der Waals surface area contributed by atoms with E-state index < -0.39 is 11.7 Å². The van der Waals surface area contributed by atoms with Gasteiger partial charge in [-0.15, -0.1) is 0 Å². The smallest absolute Gasteiger partial charge is 0.254 e. The summed E-state index contributed by atoms with van der Waals surface area (Å²) in [5.41, 5.74) is 1.51. The Morgan fingerprint density at radius 2 is 2.00 bits per heavy atom. The van der Waals surface area contributed by atoms with Crippen LogP contribution in [-0.2, 0) is 6.54 Å². The number of anilines is 1. The Labute approximate surface area is 122 Å². The number of aromatic nitrogens is 2. The standard InChI is InChI=1S/C15H17FN4O/c1-10-8-11(19-15(18-10)20(2)3)9-17-14(21)12-6-4-5-7-13(12)16/h4-8H,9H2,1-3H3,(H,17,21). The lowest BCUT2D eigenvalue weighted by Crippen LogP contribution is -2.25. The zero-order valence-electron chi connectivity index (χ0n) is 12.2. The number of nitrogens with zero attached hydrogens (tertiary/aromatic N) is 3. The van der Waals surface area contributed by atoms with Crippen molar-refractivity contribution in [3.63, 3.8) is 0 Å². The van der Waals surface area contributed by atoms with Gasteiger partial charge in [0.05, 0.1) is 17.8 Å². The number of hydrogen-bond donors (Lipinski definition) is 1. The molecule has 21 heavy (non-hydrogen) atoms. The van der Waals surface area contributed by atoms with Crippen LogP contribution in [0.2, 0.25) is 0 Å². The number of aryl methyl sites for hydroxylation is 1. The van der Waals surface area contributed by atoms with Gasteiger partial charge in [0, 0.05) is 19.8 Å². The average molecular weight is 288 g/mol. The summed E-state index contributed by atoms with van der Waals surface area (Å²) in [6.07, 6.45) is 0. The van der Waals surface area contributed by atoms with Gasteiger partial charge in [-0.3, -0.25) is 4.79 Å². The van der Waals surface area contributed by atoms with Crippen molar-refractivity contribution in [2.24, 2.45) is 0 Å². The van der Waals surface area contributed by atoms with Gasteiger partial charge in [-0.05, 0) is 25.1 Å². The van der Waals surface area contributed by atoms with Crippen LogP contribution in [0.4, 0.5) is 10.3 Å². The zero-order chi connectivity index (χ0) is 15.4. The molecule has 1 aromatic carbocycles. The predicted molar refractivity (Wildman–Crippen MR) is 78.7 cm³/mol. The lowest BCUT2D eigenvalue weighted by atomic mass is 10.2. The largest absolute Gasteiger partial charge is 0.347 e. The number of halogens is 1. The first-order valence-corrected chi connectivity index (χ1v) is 6.52. The van der Waals surface area contributed by atoms with E-state index in [1.165, 1.54) is 12.1 Å². The van der Waals surface area contributed by atoms with Gasteiger partial charge < -0.3 is 10.2 Å². The van der Waals surface area contributed by atoms with Crippen LogP contribution in [0.1, 0.15) is 21.7 Å². The Bertz CT molecular complexity index is 658. The maximum Gasteiger partial charge on any atom is 0.254 e. The fraction of sp³-hybridized carbons (Fsp3) is 0.267. The summed E-state index contributed by atoms with van der Waals surface area (Å²) in [7, 11) is 3.69. The van der Waals surface area contributed by atoms with Crippen LogP contribution < -0.4 is 10.2 Å². The van der Waals surface area contributed by atoms with Gasteiger partial charge in [-0.25, -0.2) is 14.4 Å². The third-order valence-corrected chi connectivity index (χ3v) is 2.84. The molecule has 0 atom stereocenters. The zero-order valence-corrected chi connectivity index (χ0v) is 12.2. The highest BCUT2D eigenvalue weighted by molar-refractivity contribution is 5.94. The van der Waals surface area contributed by atoms with Gasteiger partial charge in [0.15, 0.2) is 0 Å². The second kappa shape index (κ2) is 6.30. The molecule has 0 spiro atoms. The van der Waals surface area contributed by atoms with Gasteiger partial charge in [0.25, 0.3) is 5.91 Å². The summed E-state index contributed by atoms with van der Waals surface area (Å²) in [6.45, 7) is 2.08. The molecule has 1 aromatic heterocycles. The summed E-state index contributed by atoms with van der Waals surface area (Å²) >= 11 is 0. The van der Waals surface area contributed by atoms with Gasteiger partial charge in [0.2, 0.25) is 5.95 Å². The van der Waals surface area contributed by atoms with Crippen molar-refractivity contribution in [3.8, 4) is 0 Å². The van der Waals surface area contributed by atoms with Crippen molar-refractivity contribution in [2.45, 2.75) is 13.5 Å². The van der Waals surface area contributed by atoms with Crippen molar-refractivity contribution >= 4 is 11.9 Å². The van der Waals surface area contributed by atoms with Crippen LogP contribution in [0.3, 0.4) is 0 Å². The van der Waals surface area contributed by atoms with E-state index in [2.05, 4.69) is 15.3 Å². The number of carbonyl (C=O) groups is 1. The third-order valence-electron chi connectivity index (χ3n) is 2.84. The van der Waals surface area contributed by atoms with Crippen LogP contribution in [0.25, 0.3) is 0 Å². The highest BCUT2D eigenvalue weighted by atomic mass is 19.1. The molecule has 1 amide bonds. The molecule has 110 valence electrons. The molecule has 0 saturated heterocycles. The molecule has 1 heterocycles. The van der Waals surface area contributed by atoms with Crippen LogP contribution in [0, 0.1) is 12.7 Å². The number of hydrogen-bond acceptors (Lipinski definition) is 4. The second-order valence-electron chi connectivity index (χ2n) is 4.86. The van der Waals surface area contributed by atoms with E-state index in [0.717, 1.165) is 5.69 Å². The predicted octanol–water partition coefficient (Wildman–Crippen LogP) is 1.92. The van der Waals surface area contributed by atoms with E-state index in [-0.39, 0.29) is 12.1 Å². The summed E-state index contributed by atoms with van der Waals surface area (Å²) in [6, 6.07) is 7.66. The first-order valence-electron chi connectivity index (χ1n) is 6.52. The van der Waals surface area contributed by atoms with E-state index in [1.807, 2.05) is 21.0 Å². The van der Waals surface area contributed by atoms with Gasteiger partial charge in [0.1, 0.15) is 5.82 Å². The molecule has 0 aliphatic carbocycles. The lowest BCUT2D eigenvalue weighted by molar-refractivity contribution is 0.0946. The molecule has 0 aliphatic heterocycles. The molecule has 1 N–H and O–H groups in total. The first-order chi connectivity index (χ1) is 9.97. The molecule has 2 aromatic rings. The highest BCUT2D eigenvalue weighted by Gasteiger charge is 2.11. The topological polar surface area (TPSA) is 58.1 Å². The Balaban J connectivity index is 2.10. The molecule has 6 heteroatoms. The summed E-state index contributed by atoms with van der Waals surface area (Å²) < 4.78 is 13.5. The average Bonchev–Trinajstić information content (AvgIpc) is 2.44. The number of rotatable bonds is 4. The Morgan fingerprint density at radius 1 is 1.29 bits per heavy atom. The van der Waals surface area contributed by atoms with Crippen LogP contribution in [-0.4, -0.2) is 30.0 Å². The molecule has 0 aliphatic rings. The monoisotopic (exact) mass is 288 g/mol. The van der Waals surface area contributed by atoms with Crippen molar-refractivity contribution < 1.29 is 9.18 Å². The van der Waals surface area contributed by atoms with Crippen molar-refractivity contribution in [1.82, 2.24) is 15.3 Å². The fourth-order valence-corrected chi connectivity index (χ4v) is 1.82. The Morgan fingerprint density at radius 3 is 2.67 bits per heavy atom. The molecule has 2 rings (SSSR count). The van der Waals surface area contributed by atoms with E-state index in [9.17, 15) is 9.18 Å². The summed E-state index contributed by atoms with van der Waals surface area (Å²) in [5, 5.41) is 2.66. The highest BCUT2D eigenvalue weighted by Crippen LogP contribution is 2.09. The molecule has 0 fully saturated rings. The lowest BCUT2D eigenvalue weighted by Gasteiger charge is -2.12. The SMILES string of the molecule is Cc1cc(CNC(=O)c2ccccc2F)nc(N(C)C)n1. The molecule has 0 saturated carbocycles. The Hall–Kier alpha value is -2.50. The minimum Gasteiger partial charge on any atom is -0.347 e. The minimum atomic E-state index is -0.539. The normalized spacial score (nSPS) is 10.3. The number of carbonyl (C=O) groups excluding carboxylic acids is 1.